The van der Waals surface area contributed by atoms with Crippen molar-refractivity contribution >= 4 is 11.9 Å². The van der Waals surface area contributed by atoms with Crippen LogP contribution in [0.2, 0.25) is 0 Å². The molecular formula is C17H23NO. The second-order valence-electron chi connectivity index (χ2n) is 5.80. The zero-order valence-electron chi connectivity index (χ0n) is 12.1. The standard InChI is InChI=1S/C17H23NO/c1-13-7-9-14(10-8-13)11-15-5-4-6-16(17(15)19)12-18(2)3/h7-11,16H,4-6,12H2,1-3H3/b15-11-/t16-/m1/s1. The van der Waals surface area contributed by atoms with E-state index in [9.17, 15) is 4.79 Å². The molecule has 0 radical (unpaired) electrons. The molecule has 2 nitrogen and oxygen atoms in total. The van der Waals surface area contributed by atoms with Crippen LogP contribution in [-0.2, 0) is 4.79 Å². The number of rotatable bonds is 3. The molecule has 1 atom stereocenters. The first-order chi connectivity index (χ1) is 9.06. The van der Waals surface area contributed by atoms with E-state index in [2.05, 4.69) is 42.2 Å². The van der Waals surface area contributed by atoms with Crippen molar-refractivity contribution in [2.24, 2.45) is 5.92 Å². The maximum Gasteiger partial charge on any atom is 0.163 e. The molecule has 1 aliphatic carbocycles. The Labute approximate surface area is 116 Å². The van der Waals surface area contributed by atoms with Gasteiger partial charge in [0.05, 0.1) is 0 Å². The average molecular weight is 257 g/mol. The van der Waals surface area contributed by atoms with E-state index >= 15 is 0 Å². The second kappa shape index (κ2) is 6.16. The lowest BCUT2D eigenvalue weighted by atomic mass is 9.83. The fourth-order valence-electron chi connectivity index (χ4n) is 2.68. The summed E-state index contributed by atoms with van der Waals surface area (Å²) in [5.74, 6) is 0.529. The molecule has 0 aliphatic heterocycles. The summed E-state index contributed by atoms with van der Waals surface area (Å²) >= 11 is 0. The third kappa shape index (κ3) is 3.77. The lowest BCUT2D eigenvalue weighted by molar-refractivity contribution is -0.120. The molecule has 0 aromatic heterocycles. The summed E-state index contributed by atoms with van der Waals surface area (Å²) in [6, 6.07) is 8.37. The Morgan fingerprint density at radius 3 is 2.58 bits per heavy atom. The third-order valence-corrected chi connectivity index (χ3v) is 3.69. The highest BCUT2D eigenvalue weighted by atomic mass is 16.1. The number of benzene rings is 1. The fourth-order valence-corrected chi connectivity index (χ4v) is 2.68. The Bertz CT molecular complexity index is 471. The molecule has 2 heteroatoms. The molecule has 0 spiro atoms. The van der Waals surface area contributed by atoms with Gasteiger partial charge in [0.1, 0.15) is 0 Å². The molecule has 1 aromatic rings. The topological polar surface area (TPSA) is 20.3 Å². The Balaban J connectivity index is 2.14. The van der Waals surface area contributed by atoms with E-state index in [1.165, 1.54) is 5.56 Å². The van der Waals surface area contributed by atoms with E-state index in [0.29, 0.717) is 5.78 Å². The summed E-state index contributed by atoms with van der Waals surface area (Å²) in [7, 11) is 4.07. The lowest BCUT2D eigenvalue weighted by Gasteiger charge is -2.25. The van der Waals surface area contributed by atoms with Crippen LogP contribution in [0.15, 0.2) is 29.8 Å². The Hall–Kier alpha value is -1.41. The van der Waals surface area contributed by atoms with Gasteiger partial charge in [-0.2, -0.15) is 0 Å². The molecule has 19 heavy (non-hydrogen) atoms. The number of carbonyl (C=O) groups excluding carboxylic acids is 1. The van der Waals surface area contributed by atoms with Gasteiger partial charge in [-0.15, -0.1) is 0 Å². The van der Waals surface area contributed by atoms with Gasteiger partial charge < -0.3 is 4.90 Å². The van der Waals surface area contributed by atoms with Crippen molar-refractivity contribution in [2.45, 2.75) is 26.2 Å². The van der Waals surface area contributed by atoms with Gasteiger partial charge >= 0.3 is 0 Å². The minimum Gasteiger partial charge on any atom is -0.309 e. The van der Waals surface area contributed by atoms with Crippen molar-refractivity contribution in [3.63, 3.8) is 0 Å². The predicted molar refractivity (Wildman–Crippen MR) is 80.1 cm³/mol. The molecule has 1 saturated carbocycles. The molecule has 1 aliphatic rings. The molecular weight excluding hydrogens is 234 g/mol. The predicted octanol–water partition coefficient (Wildman–Crippen LogP) is 3.31. The number of ketones is 1. The first-order valence-electron chi connectivity index (χ1n) is 7.02. The number of carbonyl (C=O) groups is 1. The van der Waals surface area contributed by atoms with Crippen molar-refractivity contribution in [3.8, 4) is 0 Å². The summed E-state index contributed by atoms with van der Waals surface area (Å²) in [6.45, 7) is 2.94. The first-order valence-corrected chi connectivity index (χ1v) is 7.02. The van der Waals surface area contributed by atoms with Gasteiger partial charge in [-0.3, -0.25) is 4.79 Å². The Morgan fingerprint density at radius 1 is 1.26 bits per heavy atom. The maximum atomic E-state index is 12.4. The molecule has 0 saturated heterocycles. The average Bonchev–Trinajstić information content (AvgIpc) is 2.36. The molecule has 0 heterocycles. The molecule has 1 aromatic carbocycles. The number of allylic oxidation sites excluding steroid dienone is 1. The van der Waals surface area contributed by atoms with Crippen LogP contribution in [-0.4, -0.2) is 31.3 Å². The summed E-state index contributed by atoms with van der Waals surface area (Å²) in [5, 5.41) is 0. The van der Waals surface area contributed by atoms with Gasteiger partial charge in [0.25, 0.3) is 0 Å². The third-order valence-electron chi connectivity index (χ3n) is 3.69. The zero-order valence-corrected chi connectivity index (χ0v) is 12.1. The van der Waals surface area contributed by atoms with Crippen LogP contribution < -0.4 is 0 Å². The van der Waals surface area contributed by atoms with E-state index in [-0.39, 0.29) is 5.92 Å². The molecule has 0 amide bonds. The first kappa shape index (κ1) is 14.0. The van der Waals surface area contributed by atoms with Crippen LogP contribution in [0.4, 0.5) is 0 Å². The second-order valence-corrected chi connectivity index (χ2v) is 5.80. The highest BCUT2D eigenvalue weighted by Crippen LogP contribution is 2.27. The van der Waals surface area contributed by atoms with E-state index in [0.717, 1.165) is 36.9 Å². The van der Waals surface area contributed by atoms with Crippen LogP contribution >= 0.6 is 0 Å². The zero-order chi connectivity index (χ0) is 13.8. The highest BCUT2D eigenvalue weighted by molar-refractivity contribution is 6.01. The minimum absolute atomic E-state index is 0.181. The van der Waals surface area contributed by atoms with Crippen LogP contribution in [0.25, 0.3) is 6.08 Å². The van der Waals surface area contributed by atoms with Gasteiger partial charge in [-0.1, -0.05) is 29.8 Å². The van der Waals surface area contributed by atoms with Crippen LogP contribution in [0.3, 0.4) is 0 Å². The van der Waals surface area contributed by atoms with Crippen molar-refractivity contribution in [1.29, 1.82) is 0 Å². The van der Waals surface area contributed by atoms with Gasteiger partial charge in [0.2, 0.25) is 0 Å². The monoisotopic (exact) mass is 257 g/mol. The number of hydrogen-bond donors (Lipinski definition) is 0. The summed E-state index contributed by atoms with van der Waals surface area (Å²) in [5.41, 5.74) is 3.39. The Morgan fingerprint density at radius 2 is 1.95 bits per heavy atom. The van der Waals surface area contributed by atoms with Crippen LogP contribution in [0.1, 0.15) is 30.4 Å². The van der Waals surface area contributed by atoms with E-state index in [1.54, 1.807) is 0 Å². The smallest absolute Gasteiger partial charge is 0.163 e. The SMILES string of the molecule is Cc1ccc(/C=C2/CCC[C@H](CN(C)C)C2=O)cc1. The molecule has 0 N–H and O–H groups in total. The van der Waals surface area contributed by atoms with Crippen molar-refractivity contribution in [3.05, 3.63) is 41.0 Å². The van der Waals surface area contributed by atoms with E-state index in [1.807, 2.05) is 14.1 Å². The van der Waals surface area contributed by atoms with Crippen LogP contribution in [0, 0.1) is 12.8 Å². The Kier molecular flexibility index (Phi) is 4.54. The molecule has 102 valence electrons. The molecule has 0 unspecified atom stereocenters. The van der Waals surface area contributed by atoms with Gasteiger partial charge in [0.15, 0.2) is 5.78 Å². The normalized spacial score (nSPS) is 22.2. The van der Waals surface area contributed by atoms with Gasteiger partial charge in [0, 0.05) is 12.5 Å². The minimum atomic E-state index is 0.181. The fraction of sp³-hybridized carbons (Fsp3) is 0.471. The molecule has 1 fully saturated rings. The van der Waals surface area contributed by atoms with Gasteiger partial charge in [-0.25, -0.2) is 0 Å². The number of hydrogen-bond acceptors (Lipinski definition) is 2. The quantitative estimate of drug-likeness (QED) is 0.774. The largest absolute Gasteiger partial charge is 0.309 e. The van der Waals surface area contributed by atoms with Crippen molar-refractivity contribution in [1.82, 2.24) is 4.90 Å². The van der Waals surface area contributed by atoms with E-state index in [4.69, 9.17) is 0 Å². The van der Waals surface area contributed by atoms with Gasteiger partial charge in [-0.05, 0) is 57.5 Å². The number of aryl methyl sites for hydroxylation is 1. The maximum absolute atomic E-state index is 12.4. The van der Waals surface area contributed by atoms with Crippen LogP contribution in [0.5, 0.6) is 0 Å². The molecule has 0 bridgehead atoms. The number of nitrogens with zero attached hydrogens (tertiary/aromatic N) is 1. The van der Waals surface area contributed by atoms with Crippen molar-refractivity contribution < 1.29 is 4.79 Å². The number of Topliss-reactive ketones (excluding diaryl/α,β-unsaturated/α-hetero) is 1. The summed E-state index contributed by atoms with van der Waals surface area (Å²) in [6.07, 6.45) is 5.16. The summed E-state index contributed by atoms with van der Waals surface area (Å²) in [4.78, 5) is 14.5. The highest BCUT2D eigenvalue weighted by Gasteiger charge is 2.26. The molecule has 2 rings (SSSR count). The lowest BCUT2D eigenvalue weighted by Crippen LogP contribution is -2.31. The van der Waals surface area contributed by atoms with Crippen molar-refractivity contribution in [2.75, 3.05) is 20.6 Å². The summed E-state index contributed by atoms with van der Waals surface area (Å²) < 4.78 is 0. The van der Waals surface area contributed by atoms with E-state index < -0.39 is 0 Å².